The third-order valence-corrected chi connectivity index (χ3v) is 1.38. The Kier molecular flexibility index (Phi) is 2.38. The number of aryl methyl sites for hydroxylation is 1. The third kappa shape index (κ3) is 2.02. The molecular formula is C8H10N2O2. The number of rotatable bonds is 2. The fraction of sp³-hybridized carbons (Fsp3) is 0.375. The molecule has 0 saturated heterocycles. The van der Waals surface area contributed by atoms with Gasteiger partial charge in [0.15, 0.2) is 0 Å². The Morgan fingerprint density at radius 3 is 2.92 bits per heavy atom. The van der Waals surface area contributed by atoms with Crippen molar-refractivity contribution in [1.82, 2.24) is 9.55 Å². The molecular weight excluding hydrogens is 156 g/mol. The SMILES string of the molecule is CC(=O)Cn1cc(C)cnc1=O. The Hall–Kier alpha value is -1.45. The minimum Gasteiger partial charge on any atom is -0.298 e. The zero-order valence-electron chi connectivity index (χ0n) is 7.07. The summed E-state index contributed by atoms with van der Waals surface area (Å²) in [6.45, 7) is 3.37. The van der Waals surface area contributed by atoms with Crippen LogP contribution in [0.5, 0.6) is 0 Å². The number of ketones is 1. The van der Waals surface area contributed by atoms with Gasteiger partial charge in [-0.05, 0) is 19.4 Å². The highest BCUT2D eigenvalue weighted by molar-refractivity contribution is 5.75. The fourth-order valence-corrected chi connectivity index (χ4v) is 0.919. The summed E-state index contributed by atoms with van der Waals surface area (Å²) in [5.41, 5.74) is 0.492. The van der Waals surface area contributed by atoms with Crippen molar-refractivity contribution in [1.29, 1.82) is 0 Å². The average molecular weight is 166 g/mol. The molecule has 64 valence electrons. The van der Waals surface area contributed by atoms with E-state index in [0.717, 1.165) is 5.56 Å². The van der Waals surface area contributed by atoms with Gasteiger partial charge in [-0.25, -0.2) is 9.78 Å². The van der Waals surface area contributed by atoms with Crippen LogP contribution in [0.1, 0.15) is 12.5 Å². The topological polar surface area (TPSA) is 52.0 Å². The van der Waals surface area contributed by atoms with Crippen molar-refractivity contribution in [2.45, 2.75) is 20.4 Å². The molecule has 0 spiro atoms. The van der Waals surface area contributed by atoms with Gasteiger partial charge < -0.3 is 0 Å². The predicted octanol–water partition coefficient (Wildman–Crippen LogP) is 0.141. The second-order valence-electron chi connectivity index (χ2n) is 2.74. The highest BCUT2D eigenvalue weighted by Gasteiger charge is 1.99. The molecule has 0 bridgehead atoms. The Balaban J connectivity index is 3.06. The average Bonchev–Trinajstić information content (AvgIpc) is 1.96. The summed E-state index contributed by atoms with van der Waals surface area (Å²) in [6, 6.07) is 0. The van der Waals surface area contributed by atoms with Gasteiger partial charge in [-0.2, -0.15) is 0 Å². The van der Waals surface area contributed by atoms with E-state index in [1.54, 1.807) is 6.20 Å². The Bertz CT molecular complexity index is 354. The van der Waals surface area contributed by atoms with E-state index in [9.17, 15) is 9.59 Å². The van der Waals surface area contributed by atoms with Gasteiger partial charge in [0.2, 0.25) is 0 Å². The summed E-state index contributed by atoms with van der Waals surface area (Å²) < 4.78 is 1.30. The minimum atomic E-state index is -0.379. The highest BCUT2D eigenvalue weighted by atomic mass is 16.1. The third-order valence-electron chi connectivity index (χ3n) is 1.38. The van der Waals surface area contributed by atoms with E-state index >= 15 is 0 Å². The monoisotopic (exact) mass is 166 g/mol. The lowest BCUT2D eigenvalue weighted by atomic mass is 10.4. The van der Waals surface area contributed by atoms with E-state index in [0.29, 0.717) is 0 Å². The zero-order chi connectivity index (χ0) is 9.14. The first-order valence-electron chi connectivity index (χ1n) is 3.62. The van der Waals surface area contributed by atoms with Gasteiger partial charge in [0.1, 0.15) is 5.78 Å². The van der Waals surface area contributed by atoms with Gasteiger partial charge in [-0.15, -0.1) is 0 Å². The molecule has 1 heterocycles. The summed E-state index contributed by atoms with van der Waals surface area (Å²) in [4.78, 5) is 25.3. The van der Waals surface area contributed by atoms with E-state index in [2.05, 4.69) is 4.98 Å². The van der Waals surface area contributed by atoms with Crippen molar-refractivity contribution >= 4 is 5.78 Å². The number of hydrogen-bond acceptors (Lipinski definition) is 3. The summed E-state index contributed by atoms with van der Waals surface area (Å²) in [5.74, 6) is -0.0514. The summed E-state index contributed by atoms with van der Waals surface area (Å²) in [6.07, 6.45) is 3.11. The van der Waals surface area contributed by atoms with Crippen molar-refractivity contribution in [3.63, 3.8) is 0 Å². The van der Waals surface area contributed by atoms with Crippen LogP contribution in [0.2, 0.25) is 0 Å². The van der Waals surface area contributed by atoms with E-state index in [1.165, 1.54) is 17.7 Å². The first kappa shape index (κ1) is 8.64. The van der Waals surface area contributed by atoms with Crippen LogP contribution in [0.15, 0.2) is 17.2 Å². The van der Waals surface area contributed by atoms with Crippen LogP contribution in [0.3, 0.4) is 0 Å². The Labute approximate surface area is 69.9 Å². The van der Waals surface area contributed by atoms with E-state index in [-0.39, 0.29) is 18.0 Å². The molecule has 1 aromatic rings. The first-order chi connectivity index (χ1) is 5.59. The number of carbonyl (C=O) groups is 1. The molecule has 1 aromatic heterocycles. The second-order valence-corrected chi connectivity index (χ2v) is 2.74. The molecule has 0 unspecified atom stereocenters. The van der Waals surface area contributed by atoms with Gasteiger partial charge >= 0.3 is 5.69 Å². The number of carbonyl (C=O) groups excluding carboxylic acids is 1. The molecule has 1 rings (SSSR count). The van der Waals surface area contributed by atoms with Crippen LogP contribution in [0.25, 0.3) is 0 Å². The summed E-state index contributed by atoms with van der Waals surface area (Å²) in [5, 5.41) is 0. The van der Waals surface area contributed by atoms with Crippen LogP contribution >= 0.6 is 0 Å². The van der Waals surface area contributed by atoms with Crippen molar-refractivity contribution in [2.75, 3.05) is 0 Å². The molecule has 0 amide bonds. The van der Waals surface area contributed by atoms with Gasteiger partial charge in [-0.1, -0.05) is 0 Å². The van der Waals surface area contributed by atoms with Crippen LogP contribution in [0.4, 0.5) is 0 Å². The van der Waals surface area contributed by atoms with Crippen molar-refractivity contribution in [3.8, 4) is 0 Å². The molecule has 12 heavy (non-hydrogen) atoms. The van der Waals surface area contributed by atoms with Gasteiger partial charge in [0, 0.05) is 12.4 Å². The highest BCUT2D eigenvalue weighted by Crippen LogP contribution is 1.89. The van der Waals surface area contributed by atoms with Crippen molar-refractivity contribution in [3.05, 3.63) is 28.4 Å². The quantitative estimate of drug-likeness (QED) is 0.628. The summed E-state index contributed by atoms with van der Waals surface area (Å²) in [7, 11) is 0. The van der Waals surface area contributed by atoms with Gasteiger partial charge in [0.05, 0.1) is 6.54 Å². The van der Waals surface area contributed by atoms with E-state index < -0.39 is 0 Å². The largest absolute Gasteiger partial charge is 0.347 e. The molecule has 0 aliphatic rings. The minimum absolute atomic E-state index is 0.0514. The van der Waals surface area contributed by atoms with Crippen LogP contribution in [-0.2, 0) is 11.3 Å². The zero-order valence-corrected chi connectivity index (χ0v) is 7.07. The Morgan fingerprint density at radius 2 is 2.33 bits per heavy atom. The molecule has 0 aliphatic heterocycles. The number of Topliss-reactive ketones (excluding diaryl/α,β-unsaturated/α-hetero) is 1. The molecule has 4 heteroatoms. The molecule has 0 aliphatic carbocycles. The maximum absolute atomic E-state index is 11.0. The fourth-order valence-electron chi connectivity index (χ4n) is 0.919. The molecule has 0 atom stereocenters. The standard InChI is InChI=1S/C8H10N2O2/c1-6-3-9-8(12)10(4-6)5-7(2)11/h3-4H,5H2,1-2H3. The van der Waals surface area contributed by atoms with Crippen molar-refractivity contribution < 1.29 is 4.79 Å². The number of aromatic nitrogens is 2. The maximum atomic E-state index is 11.0. The first-order valence-corrected chi connectivity index (χ1v) is 3.62. The van der Waals surface area contributed by atoms with Gasteiger partial charge in [-0.3, -0.25) is 9.36 Å². The van der Waals surface area contributed by atoms with Crippen molar-refractivity contribution in [2.24, 2.45) is 0 Å². The smallest absolute Gasteiger partial charge is 0.298 e. The number of hydrogen-bond donors (Lipinski definition) is 0. The predicted molar refractivity (Wildman–Crippen MR) is 43.9 cm³/mol. The van der Waals surface area contributed by atoms with E-state index in [4.69, 9.17) is 0 Å². The van der Waals surface area contributed by atoms with Crippen LogP contribution < -0.4 is 5.69 Å². The maximum Gasteiger partial charge on any atom is 0.347 e. The molecule has 0 aromatic carbocycles. The molecule has 4 nitrogen and oxygen atoms in total. The summed E-state index contributed by atoms with van der Waals surface area (Å²) >= 11 is 0. The lowest BCUT2D eigenvalue weighted by Gasteiger charge is -2.01. The van der Waals surface area contributed by atoms with Gasteiger partial charge in [0.25, 0.3) is 0 Å². The molecule has 0 saturated carbocycles. The second kappa shape index (κ2) is 3.30. The van der Waals surface area contributed by atoms with Crippen LogP contribution in [0, 0.1) is 6.92 Å². The van der Waals surface area contributed by atoms with Crippen LogP contribution in [-0.4, -0.2) is 15.3 Å². The Morgan fingerprint density at radius 1 is 1.67 bits per heavy atom. The molecule has 0 radical (unpaired) electrons. The number of nitrogens with zero attached hydrogens (tertiary/aromatic N) is 2. The lowest BCUT2D eigenvalue weighted by Crippen LogP contribution is -2.24. The van der Waals surface area contributed by atoms with E-state index in [1.807, 2.05) is 6.92 Å². The molecule has 0 N–H and O–H groups in total. The lowest BCUT2D eigenvalue weighted by molar-refractivity contribution is -0.117. The normalized spacial score (nSPS) is 9.83. The molecule has 0 fully saturated rings.